The highest BCUT2D eigenvalue weighted by molar-refractivity contribution is 7.07. The molecule has 2 aromatic rings. The second kappa shape index (κ2) is 6.54. The number of carbonyl (C=O) groups is 1. The number of nitrogens with one attached hydrogen (secondary N) is 2. The number of pyridine rings is 1. The van der Waals surface area contributed by atoms with E-state index in [0.29, 0.717) is 23.1 Å². The third-order valence-corrected chi connectivity index (χ3v) is 3.52. The zero-order chi connectivity index (χ0) is 13.7. The van der Waals surface area contributed by atoms with Crippen molar-refractivity contribution >= 4 is 34.7 Å². The SMILES string of the molecule is CNc1cc(C(=O)NCCc2ccsc2)cc(Cl)n1. The molecule has 19 heavy (non-hydrogen) atoms. The van der Waals surface area contributed by atoms with E-state index in [-0.39, 0.29) is 5.91 Å². The van der Waals surface area contributed by atoms with Gasteiger partial charge >= 0.3 is 0 Å². The molecule has 0 unspecified atom stereocenters. The van der Waals surface area contributed by atoms with Gasteiger partial charge in [-0.2, -0.15) is 11.3 Å². The largest absolute Gasteiger partial charge is 0.373 e. The first-order valence-corrected chi connectivity index (χ1v) is 7.15. The van der Waals surface area contributed by atoms with Crippen molar-refractivity contribution in [3.8, 4) is 0 Å². The maximum Gasteiger partial charge on any atom is 0.251 e. The monoisotopic (exact) mass is 295 g/mol. The predicted molar refractivity (Wildman–Crippen MR) is 79.1 cm³/mol. The van der Waals surface area contributed by atoms with E-state index in [4.69, 9.17) is 11.6 Å². The fraction of sp³-hybridized carbons (Fsp3) is 0.231. The second-order valence-corrected chi connectivity index (χ2v) is 5.12. The molecule has 0 bridgehead atoms. The van der Waals surface area contributed by atoms with Crippen LogP contribution in [0.25, 0.3) is 0 Å². The molecule has 100 valence electrons. The van der Waals surface area contributed by atoms with Crippen molar-refractivity contribution in [3.05, 3.63) is 45.2 Å². The van der Waals surface area contributed by atoms with Crippen LogP contribution in [0.4, 0.5) is 5.82 Å². The summed E-state index contributed by atoms with van der Waals surface area (Å²) < 4.78 is 0. The third-order valence-electron chi connectivity index (χ3n) is 2.59. The van der Waals surface area contributed by atoms with Crippen molar-refractivity contribution in [2.75, 3.05) is 18.9 Å². The summed E-state index contributed by atoms with van der Waals surface area (Å²) in [7, 11) is 1.73. The van der Waals surface area contributed by atoms with Gasteiger partial charge in [-0.05, 0) is 40.9 Å². The molecule has 0 atom stereocenters. The lowest BCUT2D eigenvalue weighted by atomic mass is 10.2. The molecule has 2 heterocycles. The Morgan fingerprint density at radius 2 is 2.32 bits per heavy atom. The van der Waals surface area contributed by atoms with E-state index in [0.717, 1.165) is 6.42 Å². The Balaban J connectivity index is 1.94. The maximum atomic E-state index is 12.0. The van der Waals surface area contributed by atoms with Gasteiger partial charge in [-0.25, -0.2) is 4.98 Å². The molecule has 2 rings (SSSR count). The molecule has 0 saturated heterocycles. The number of aromatic nitrogens is 1. The molecule has 2 N–H and O–H groups in total. The number of carbonyl (C=O) groups excluding carboxylic acids is 1. The Bertz CT molecular complexity index is 557. The fourth-order valence-corrected chi connectivity index (χ4v) is 2.53. The number of hydrogen-bond acceptors (Lipinski definition) is 4. The lowest BCUT2D eigenvalue weighted by molar-refractivity contribution is 0.0954. The summed E-state index contributed by atoms with van der Waals surface area (Å²) >= 11 is 7.51. The molecule has 0 saturated carbocycles. The van der Waals surface area contributed by atoms with E-state index in [9.17, 15) is 4.79 Å². The van der Waals surface area contributed by atoms with Gasteiger partial charge in [0.05, 0.1) is 0 Å². The first kappa shape index (κ1) is 13.8. The number of anilines is 1. The number of halogens is 1. The summed E-state index contributed by atoms with van der Waals surface area (Å²) in [5.41, 5.74) is 1.74. The molecule has 0 aliphatic carbocycles. The average molecular weight is 296 g/mol. The van der Waals surface area contributed by atoms with E-state index >= 15 is 0 Å². The Morgan fingerprint density at radius 1 is 1.47 bits per heavy atom. The lowest BCUT2D eigenvalue weighted by Gasteiger charge is -2.07. The number of hydrogen-bond donors (Lipinski definition) is 2. The Hall–Kier alpha value is -1.59. The number of thiophene rings is 1. The van der Waals surface area contributed by atoms with Crippen LogP contribution >= 0.6 is 22.9 Å². The first-order chi connectivity index (χ1) is 9.19. The highest BCUT2D eigenvalue weighted by atomic mass is 35.5. The van der Waals surface area contributed by atoms with Gasteiger partial charge in [-0.1, -0.05) is 11.6 Å². The fourth-order valence-electron chi connectivity index (χ4n) is 1.61. The lowest BCUT2D eigenvalue weighted by Crippen LogP contribution is -2.25. The molecule has 0 spiro atoms. The average Bonchev–Trinajstić information content (AvgIpc) is 2.91. The van der Waals surface area contributed by atoms with Gasteiger partial charge in [-0.15, -0.1) is 0 Å². The van der Waals surface area contributed by atoms with Crippen molar-refractivity contribution in [1.82, 2.24) is 10.3 Å². The van der Waals surface area contributed by atoms with E-state index in [1.54, 1.807) is 30.5 Å². The Labute approximate surface area is 120 Å². The van der Waals surface area contributed by atoms with Crippen LogP contribution in [0.15, 0.2) is 29.0 Å². The van der Waals surface area contributed by atoms with Crippen LogP contribution in [-0.4, -0.2) is 24.5 Å². The number of nitrogens with zero attached hydrogens (tertiary/aromatic N) is 1. The van der Waals surface area contributed by atoms with Crippen LogP contribution < -0.4 is 10.6 Å². The maximum absolute atomic E-state index is 12.0. The number of amides is 1. The number of rotatable bonds is 5. The minimum atomic E-state index is -0.143. The zero-order valence-electron chi connectivity index (χ0n) is 10.4. The van der Waals surface area contributed by atoms with Crippen LogP contribution in [0.3, 0.4) is 0 Å². The van der Waals surface area contributed by atoms with Gasteiger partial charge in [0, 0.05) is 19.2 Å². The van der Waals surface area contributed by atoms with Crippen molar-refractivity contribution in [2.24, 2.45) is 0 Å². The van der Waals surface area contributed by atoms with E-state index in [1.165, 1.54) is 5.56 Å². The third kappa shape index (κ3) is 3.94. The molecule has 2 aromatic heterocycles. The molecule has 0 fully saturated rings. The van der Waals surface area contributed by atoms with Crippen molar-refractivity contribution in [1.29, 1.82) is 0 Å². The van der Waals surface area contributed by atoms with E-state index in [1.807, 2.05) is 5.38 Å². The quantitative estimate of drug-likeness (QED) is 0.834. The molecule has 0 aliphatic rings. The van der Waals surface area contributed by atoms with Crippen LogP contribution in [-0.2, 0) is 6.42 Å². The highest BCUT2D eigenvalue weighted by Gasteiger charge is 2.08. The smallest absolute Gasteiger partial charge is 0.251 e. The van der Waals surface area contributed by atoms with Crippen molar-refractivity contribution in [3.63, 3.8) is 0 Å². The molecular weight excluding hydrogens is 282 g/mol. The topological polar surface area (TPSA) is 54.0 Å². The Morgan fingerprint density at radius 3 is 3.00 bits per heavy atom. The minimum Gasteiger partial charge on any atom is -0.373 e. The van der Waals surface area contributed by atoms with Gasteiger partial charge in [0.1, 0.15) is 11.0 Å². The van der Waals surface area contributed by atoms with Crippen LogP contribution in [0.5, 0.6) is 0 Å². The van der Waals surface area contributed by atoms with Gasteiger partial charge in [0.15, 0.2) is 0 Å². The van der Waals surface area contributed by atoms with Gasteiger partial charge in [0.2, 0.25) is 0 Å². The molecule has 0 aliphatic heterocycles. The van der Waals surface area contributed by atoms with Crippen molar-refractivity contribution in [2.45, 2.75) is 6.42 Å². The first-order valence-electron chi connectivity index (χ1n) is 5.83. The highest BCUT2D eigenvalue weighted by Crippen LogP contribution is 2.14. The normalized spacial score (nSPS) is 10.2. The molecule has 0 radical (unpaired) electrons. The molecular formula is C13H14ClN3OS. The van der Waals surface area contributed by atoms with Gasteiger partial charge in [0.25, 0.3) is 5.91 Å². The summed E-state index contributed by atoms with van der Waals surface area (Å²) in [5.74, 6) is 0.437. The molecule has 4 nitrogen and oxygen atoms in total. The van der Waals surface area contributed by atoms with Crippen LogP contribution in [0.2, 0.25) is 5.15 Å². The van der Waals surface area contributed by atoms with E-state index < -0.39 is 0 Å². The van der Waals surface area contributed by atoms with E-state index in [2.05, 4.69) is 27.1 Å². The summed E-state index contributed by atoms with van der Waals surface area (Å²) in [6.45, 7) is 0.602. The van der Waals surface area contributed by atoms with Gasteiger partial charge in [-0.3, -0.25) is 4.79 Å². The second-order valence-electron chi connectivity index (χ2n) is 3.95. The predicted octanol–water partition coefficient (Wildman–Crippen LogP) is 2.81. The van der Waals surface area contributed by atoms with Gasteiger partial charge < -0.3 is 10.6 Å². The summed E-state index contributed by atoms with van der Waals surface area (Å²) in [4.78, 5) is 16.0. The summed E-state index contributed by atoms with van der Waals surface area (Å²) in [5, 5.41) is 10.1. The Kier molecular flexibility index (Phi) is 4.76. The standard InChI is InChI=1S/C13H14ClN3OS/c1-15-12-7-10(6-11(14)17-12)13(18)16-4-2-9-3-5-19-8-9/h3,5-8H,2,4H2,1H3,(H,15,17)(H,16,18). The van der Waals surface area contributed by atoms with Crippen LogP contribution in [0, 0.1) is 0 Å². The van der Waals surface area contributed by atoms with Crippen LogP contribution in [0.1, 0.15) is 15.9 Å². The summed E-state index contributed by atoms with van der Waals surface area (Å²) in [6.07, 6.45) is 0.826. The minimum absolute atomic E-state index is 0.143. The zero-order valence-corrected chi connectivity index (χ0v) is 12.0. The molecule has 1 amide bonds. The van der Waals surface area contributed by atoms with Crippen molar-refractivity contribution < 1.29 is 4.79 Å². The molecule has 6 heteroatoms. The molecule has 0 aromatic carbocycles. The summed E-state index contributed by atoms with van der Waals surface area (Å²) in [6, 6.07) is 5.29.